The second kappa shape index (κ2) is 5.01. The van der Waals surface area contributed by atoms with Crippen molar-refractivity contribution in [2.24, 2.45) is 0 Å². The summed E-state index contributed by atoms with van der Waals surface area (Å²) in [7, 11) is 0. The van der Waals surface area contributed by atoms with Crippen molar-refractivity contribution in [3.63, 3.8) is 0 Å². The molecule has 0 aliphatic rings. The Kier molecular flexibility index (Phi) is 4.26. The first-order valence-electron chi connectivity index (χ1n) is 4.32. The standard InChI is InChI=1S/C10H12Br2O/c1-2-3-4-7-5-8(11)10(13)9(12)6-7/h5-6,13H,2-4H2,1H3. The summed E-state index contributed by atoms with van der Waals surface area (Å²) in [6.07, 6.45) is 3.44. The third kappa shape index (κ3) is 2.99. The molecule has 3 heteroatoms. The van der Waals surface area contributed by atoms with Crippen LogP contribution in [-0.4, -0.2) is 5.11 Å². The second-order valence-electron chi connectivity index (χ2n) is 3.01. The monoisotopic (exact) mass is 306 g/mol. The van der Waals surface area contributed by atoms with Gasteiger partial charge in [-0.05, 0) is 62.4 Å². The summed E-state index contributed by atoms with van der Waals surface area (Å²) in [5.74, 6) is 0.278. The third-order valence-corrected chi connectivity index (χ3v) is 3.10. The van der Waals surface area contributed by atoms with Crippen LogP contribution >= 0.6 is 31.9 Å². The van der Waals surface area contributed by atoms with Gasteiger partial charge in [0.15, 0.2) is 0 Å². The molecule has 0 bridgehead atoms. The Balaban J connectivity index is 2.86. The summed E-state index contributed by atoms with van der Waals surface area (Å²) in [6.45, 7) is 2.17. The van der Waals surface area contributed by atoms with E-state index < -0.39 is 0 Å². The number of hydrogen-bond donors (Lipinski definition) is 1. The van der Waals surface area contributed by atoms with E-state index in [0.717, 1.165) is 15.4 Å². The molecule has 0 saturated carbocycles. The molecule has 13 heavy (non-hydrogen) atoms. The number of aryl methyl sites for hydroxylation is 1. The molecule has 0 spiro atoms. The van der Waals surface area contributed by atoms with Crippen LogP contribution < -0.4 is 0 Å². The lowest BCUT2D eigenvalue weighted by Gasteiger charge is -2.04. The van der Waals surface area contributed by atoms with Gasteiger partial charge in [0.25, 0.3) is 0 Å². The van der Waals surface area contributed by atoms with Crippen LogP contribution in [0.5, 0.6) is 5.75 Å². The molecule has 1 nitrogen and oxygen atoms in total. The summed E-state index contributed by atoms with van der Waals surface area (Å²) in [4.78, 5) is 0. The van der Waals surface area contributed by atoms with Crippen molar-refractivity contribution < 1.29 is 5.11 Å². The van der Waals surface area contributed by atoms with Gasteiger partial charge in [-0.25, -0.2) is 0 Å². The minimum atomic E-state index is 0.278. The fourth-order valence-corrected chi connectivity index (χ4v) is 2.42. The minimum Gasteiger partial charge on any atom is -0.506 e. The number of hydrogen-bond acceptors (Lipinski definition) is 1. The van der Waals surface area contributed by atoms with Crippen LogP contribution in [0.25, 0.3) is 0 Å². The van der Waals surface area contributed by atoms with E-state index in [4.69, 9.17) is 0 Å². The lowest BCUT2D eigenvalue weighted by Crippen LogP contribution is -1.85. The molecule has 0 atom stereocenters. The topological polar surface area (TPSA) is 20.2 Å². The van der Waals surface area contributed by atoms with Gasteiger partial charge in [-0.1, -0.05) is 13.3 Å². The highest BCUT2D eigenvalue weighted by Crippen LogP contribution is 2.33. The maximum Gasteiger partial charge on any atom is 0.143 e. The van der Waals surface area contributed by atoms with Gasteiger partial charge in [0.2, 0.25) is 0 Å². The molecular weight excluding hydrogens is 296 g/mol. The number of phenols is 1. The summed E-state index contributed by atoms with van der Waals surface area (Å²) < 4.78 is 1.51. The highest BCUT2D eigenvalue weighted by Gasteiger charge is 2.04. The molecule has 1 N–H and O–H groups in total. The van der Waals surface area contributed by atoms with Crippen molar-refractivity contribution in [1.29, 1.82) is 0 Å². The predicted octanol–water partition coefficient (Wildman–Crippen LogP) is 4.26. The van der Waals surface area contributed by atoms with Crippen molar-refractivity contribution in [3.05, 3.63) is 26.6 Å². The van der Waals surface area contributed by atoms with E-state index in [-0.39, 0.29) is 5.75 Å². The molecule has 0 aromatic heterocycles. The van der Waals surface area contributed by atoms with E-state index >= 15 is 0 Å². The van der Waals surface area contributed by atoms with Crippen LogP contribution in [0.3, 0.4) is 0 Å². The SMILES string of the molecule is CCCCc1cc(Br)c(O)c(Br)c1. The molecule has 0 unspecified atom stereocenters. The van der Waals surface area contributed by atoms with Crippen molar-refractivity contribution in [1.82, 2.24) is 0 Å². The van der Waals surface area contributed by atoms with Crippen LogP contribution in [0.15, 0.2) is 21.1 Å². The largest absolute Gasteiger partial charge is 0.506 e. The fourth-order valence-electron chi connectivity index (χ4n) is 1.14. The zero-order valence-electron chi connectivity index (χ0n) is 7.48. The van der Waals surface area contributed by atoms with E-state index in [1.165, 1.54) is 18.4 Å². The number of rotatable bonds is 3. The molecule has 0 aliphatic carbocycles. The van der Waals surface area contributed by atoms with Gasteiger partial charge in [-0.2, -0.15) is 0 Å². The Morgan fingerprint density at radius 1 is 1.23 bits per heavy atom. The van der Waals surface area contributed by atoms with Crippen LogP contribution in [0.1, 0.15) is 25.3 Å². The van der Waals surface area contributed by atoms with Crippen LogP contribution in [0, 0.1) is 0 Å². The molecule has 1 rings (SSSR count). The molecule has 0 radical (unpaired) electrons. The van der Waals surface area contributed by atoms with Gasteiger partial charge in [0.05, 0.1) is 8.95 Å². The predicted molar refractivity (Wildman–Crippen MR) is 62.1 cm³/mol. The van der Waals surface area contributed by atoms with E-state index in [9.17, 15) is 5.11 Å². The lowest BCUT2D eigenvalue weighted by molar-refractivity contribution is 0.468. The molecule has 0 fully saturated rings. The lowest BCUT2D eigenvalue weighted by atomic mass is 10.1. The van der Waals surface area contributed by atoms with Gasteiger partial charge < -0.3 is 5.11 Å². The molecular formula is C10H12Br2O. The van der Waals surface area contributed by atoms with Gasteiger partial charge in [0.1, 0.15) is 5.75 Å². The fraction of sp³-hybridized carbons (Fsp3) is 0.400. The number of halogens is 2. The van der Waals surface area contributed by atoms with Crippen molar-refractivity contribution >= 4 is 31.9 Å². The minimum absolute atomic E-state index is 0.278. The maximum atomic E-state index is 9.46. The average Bonchev–Trinajstić information content (AvgIpc) is 2.10. The van der Waals surface area contributed by atoms with Gasteiger partial charge in [-0.15, -0.1) is 0 Å². The number of unbranched alkanes of at least 4 members (excludes halogenated alkanes) is 1. The molecule has 0 saturated heterocycles. The maximum absolute atomic E-state index is 9.46. The quantitative estimate of drug-likeness (QED) is 0.884. The first-order chi connectivity index (χ1) is 6.15. The first-order valence-corrected chi connectivity index (χ1v) is 5.90. The van der Waals surface area contributed by atoms with E-state index in [1.807, 2.05) is 12.1 Å². The highest BCUT2D eigenvalue weighted by molar-refractivity contribution is 9.11. The van der Waals surface area contributed by atoms with Crippen molar-refractivity contribution in [2.45, 2.75) is 26.2 Å². The molecule has 0 heterocycles. The molecule has 1 aromatic rings. The summed E-state index contributed by atoms with van der Waals surface area (Å²) >= 11 is 6.62. The van der Waals surface area contributed by atoms with E-state index in [1.54, 1.807) is 0 Å². The molecule has 0 amide bonds. The smallest absolute Gasteiger partial charge is 0.143 e. The van der Waals surface area contributed by atoms with Crippen molar-refractivity contribution in [2.75, 3.05) is 0 Å². The Morgan fingerprint density at radius 3 is 2.23 bits per heavy atom. The zero-order valence-corrected chi connectivity index (χ0v) is 10.7. The van der Waals surface area contributed by atoms with E-state index in [2.05, 4.69) is 38.8 Å². The van der Waals surface area contributed by atoms with Gasteiger partial charge in [-0.3, -0.25) is 0 Å². The van der Waals surface area contributed by atoms with Gasteiger partial charge in [0, 0.05) is 0 Å². The molecule has 1 aromatic carbocycles. The Morgan fingerprint density at radius 2 is 1.77 bits per heavy atom. The summed E-state index contributed by atoms with van der Waals surface area (Å²) in [5.41, 5.74) is 1.25. The first kappa shape index (κ1) is 11.1. The summed E-state index contributed by atoms with van der Waals surface area (Å²) in [6, 6.07) is 3.94. The number of phenolic OH excluding ortho intramolecular Hbond substituents is 1. The average molecular weight is 308 g/mol. The zero-order chi connectivity index (χ0) is 9.84. The Labute approximate surface area is 95.4 Å². The normalized spacial score (nSPS) is 10.4. The van der Waals surface area contributed by atoms with Crippen LogP contribution in [0.2, 0.25) is 0 Å². The highest BCUT2D eigenvalue weighted by atomic mass is 79.9. The van der Waals surface area contributed by atoms with Crippen LogP contribution in [-0.2, 0) is 6.42 Å². The summed E-state index contributed by atoms with van der Waals surface area (Å²) in [5, 5.41) is 9.46. The Hall–Kier alpha value is -0.0200. The number of benzene rings is 1. The van der Waals surface area contributed by atoms with Crippen LogP contribution in [0.4, 0.5) is 0 Å². The Bertz CT molecular complexity index is 274. The third-order valence-electron chi connectivity index (χ3n) is 1.90. The van der Waals surface area contributed by atoms with Crippen molar-refractivity contribution in [3.8, 4) is 5.75 Å². The molecule has 72 valence electrons. The number of aromatic hydroxyl groups is 1. The van der Waals surface area contributed by atoms with Gasteiger partial charge >= 0.3 is 0 Å². The van der Waals surface area contributed by atoms with E-state index in [0.29, 0.717) is 0 Å². The molecule has 0 aliphatic heterocycles. The second-order valence-corrected chi connectivity index (χ2v) is 4.72.